The maximum atomic E-state index is 12.6. The highest BCUT2D eigenvalue weighted by atomic mass is 79.9. The molecule has 0 N–H and O–H groups in total. The van der Waals surface area contributed by atoms with E-state index in [4.69, 9.17) is 12.2 Å². The van der Waals surface area contributed by atoms with Crippen molar-refractivity contribution >= 4 is 61.9 Å². The second-order valence-electron chi connectivity index (χ2n) is 4.70. The van der Waals surface area contributed by atoms with E-state index in [-0.39, 0.29) is 5.91 Å². The predicted molar refractivity (Wildman–Crippen MR) is 98.8 cm³/mol. The van der Waals surface area contributed by atoms with Crippen molar-refractivity contribution < 1.29 is 4.79 Å². The van der Waals surface area contributed by atoms with Crippen LogP contribution in [0.25, 0.3) is 6.08 Å². The molecule has 1 fully saturated rings. The van der Waals surface area contributed by atoms with E-state index in [0.717, 1.165) is 21.5 Å². The van der Waals surface area contributed by atoms with Gasteiger partial charge in [-0.15, -0.1) is 0 Å². The predicted octanol–water partition coefficient (Wildman–Crippen LogP) is 4.56. The number of benzene rings is 1. The fraction of sp³-hybridized carbons (Fsp3) is 0.0625. The van der Waals surface area contributed by atoms with Crippen molar-refractivity contribution in [2.45, 2.75) is 6.92 Å². The van der Waals surface area contributed by atoms with Crippen molar-refractivity contribution in [3.05, 3.63) is 63.2 Å². The minimum absolute atomic E-state index is 0.114. The van der Waals surface area contributed by atoms with Crippen LogP contribution >= 0.6 is 39.9 Å². The lowest BCUT2D eigenvalue weighted by atomic mass is 10.2. The molecule has 1 aromatic heterocycles. The van der Waals surface area contributed by atoms with Crippen LogP contribution in [-0.4, -0.2) is 15.2 Å². The summed E-state index contributed by atoms with van der Waals surface area (Å²) in [6, 6.07) is 13.2. The highest BCUT2D eigenvalue weighted by molar-refractivity contribution is 9.10. The molecule has 1 aliphatic heterocycles. The number of hydrogen-bond donors (Lipinski definition) is 0. The largest absolute Gasteiger partial charge is 0.270 e. The Balaban J connectivity index is 1.95. The van der Waals surface area contributed by atoms with E-state index in [1.807, 2.05) is 49.4 Å². The van der Waals surface area contributed by atoms with Gasteiger partial charge in [0.25, 0.3) is 5.91 Å². The number of pyridine rings is 1. The summed E-state index contributed by atoms with van der Waals surface area (Å²) in [6.07, 6.45) is 1.78. The van der Waals surface area contributed by atoms with Crippen LogP contribution < -0.4 is 4.90 Å². The Morgan fingerprint density at radius 2 is 2.05 bits per heavy atom. The molecule has 1 amide bonds. The van der Waals surface area contributed by atoms with Crippen LogP contribution in [0, 0.1) is 6.92 Å². The quantitative estimate of drug-likeness (QED) is 0.555. The topological polar surface area (TPSA) is 33.2 Å². The van der Waals surface area contributed by atoms with Crippen LogP contribution in [0.15, 0.2) is 51.8 Å². The third-order valence-corrected chi connectivity index (χ3v) is 4.84. The first-order valence-corrected chi connectivity index (χ1v) is 8.53. The number of thioether (sulfide) groups is 1. The lowest BCUT2D eigenvalue weighted by molar-refractivity contribution is -0.113. The van der Waals surface area contributed by atoms with E-state index in [9.17, 15) is 4.79 Å². The Kier molecular flexibility index (Phi) is 4.42. The summed E-state index contributed by atoms with van der Waals surface area (Å²) >= 11 is 10.1. The Morgan fingerprint density at radius 1 is 1.27 bits per heavy atom. The maximum Gasteiger partial charge on any atom is 0.270 e. The minimum atomic E-state index is -0.114. The molecule has 0 saturated carbocycles. The number of rotatable bonds is 2. The first-order chi connectivity index (χ1) is 10.5. The van der Waals surface area contributed by atoms with Gasteiger partial charge >= 0.3 is 0 Å². The Bertz CT molecular complexity index is 804. The average Bonchev–Trinajstić information content (AvgIpc) is 2.73. The van der Waals surface area contributed by atoms with E-state index < -0.39 is 0 Å². The van der Waals surface area contributed by atoms with Crippen molar-refractivity contribution in [3.8, 4) is 0 Å². The first-order valence-electron chi connectivity index (χ1n) is 6.52. The molecule has 22 heavy (non-hydrogen) atoms. The molecule has 0 radical (unpaired) electrons. The number of hydrogen-bond acceptors (Lipinski definition) is 4. The first kappa shape index (κ1) is 15.4. The number of anilines is 1. The molecule has 0 spiro atoms. The van der Waals surface area contributed by atoms with Gasteiger partial charge in [-0.3, -0.25) is 14.7 Å². The maximum absolute atomic E-state index is 12.6. The van der Waals surface area contributed by atoms with Gasteiger partial charge in [-0.25, -0.2) is 0 Å². The normalized spacial score (nSPS) is 16.6. The lowest BCUT2D eigenvalue weighted by Gasteiger charge is -2.14. The molecule has 0 aliphatic carbocycles. The molecule has 0 unspecified atom stereocenters. The molecule has 1 aromatic carbocycles. The van der Waals surface area contributed by atoms with Crippen molar-refractivity contribution in [2.24, 2.45) is 0 Å². The lowest BCUT2D eigenvalue weighted by Crippen LogP contribution is -2.27. The van der Waals surface area contributed by atoms with E-state index >= 15 is 0 Å². The van der Waals surface area contributed by atoms with Crippen LogP contribution in [-0.2, 0) is 4.79 Å². The molecule has 0 atom stereocenters. The number of aryl methyl sites for hydroxylation is 1. The SMILES string of the molecule is Cc1cccc(/C=C2/SC(=S)N(c3cccc(Br)c3)C2=O)n1. The highest BCUT2D eigenvalue weighted by Gasteiger charge is 2.33. The standard InChI is InChI=1S/C16H11BrN2OS2/c1-10-4-2-6-12(18-10)9-14-15(20)19(16(21)22-14)13-7-3-5-11(17)8-13/h2-9H,1H3/b14-9+. The number of nitrogens with zero attached hydrogens (tertiary/aromatic N) is 2. The van der Waals surface area contributed by atoms with E-state index in [2.05, 4.69) is 20.9 Å². The zero-order valence-electron chi connectivity index (χ0n) is 11.6. The number of amides is 1. The molecule has 3 rings (SSSR count). The Morgan fingerprint density at radius 3 is 2.77 bits per heavy atom. The van der Waals surface area contributed by atoms with Gasteiger partial charge < -0.3 is 0 Å². The zero-order chi connectivity index (χ0) is 15.7. The molecule has 2 aromatic rings. The average molecular weight is 391 g/mol. The fourth-order valence-corrected chi connectivity index (χ4v) is 3.76. The second-order valence-corrected chi connectivity index (χ2v) is 7.29. The number of carbonyl (C=O) groups is 1. The summed E-state index contributed by atoms with van der Waals surface area (Å²) in [5.74, 6) is -0.114. The van der Waals surface area contributed by atoms with Gasteiger partial charge in [-0.05, 0) is 43.3 Å². The Labute approximate surface area is 146 Å². The minimum Gasteiger partial charge on any atom is -0.268 e. The van der Waals surface area contributed by atoms with Crippen LogP contribution in [0.2, 0.25) is 0 Å². The molecular weight excluding hydrogens is 380 g/mol. The number of thiocarbonyl (C=S) groups is 1. The number of carbonyl (C=O) groups excluding carboxylic acids is 1. The van der Waals surface area contributed by atoms with Gasteiger partial charge in [-0.2, -0.15) is 0 Å². The molecule has 6 heteroatoms. The fourth-order valence-electron chi connectivity index (χ4n) is 2.08. The van der Waals surface area contributed by atoms with Gasteiger partial charge in [-0.1, -0.05) is 52.0 Å². The molecule has 3 nitrogen and oxygen atoms in total. The summed E-state index contributed by atoms with van der Waals surface area (Å²) in [7, 11) is 0. The number of aromatic nitrogens is 1. The van der Waals surface area contributed by atoms with Crippen LogP contribution in [0.4, 0.5) is 5.69 Å². The third-order valence-electron chi connectivity index (χ3n) is 3.05. The second kappa shape index (κ2) is 6.32. The smallest absolute Gasteiger partial charge is 0.268 e. The van der Waals surface area contributed by atoms with Crippen molar-refractivity contribution in [1.82, 2.24) is 4.98 Å². The molecule has 2 heterocycles. The summed E-state index contributed by atoms with van der Waals surface area (Å²) in [6.45, 7) is 1.92. The van der Waals surface area contributed by atoms with Gasteiger partial charge in [0, 0.05) is 10.2 Å². The van der Waals surface area contributed by atoms with Gasteiger partial charge in [0.15, 0.2) is 4.32 Å². The summed E-state index contributed by atoms with van der Waals surface area (Å²) < 4.78 is 1.44. The van der Waals surface area contributed by atoms with Gasteiger partial charge in [0.05, 0.1) is 16.3 Å². The van der Waals surface area contributed by atoms with Crippen LogP contribution in [0.3, 0.4) is 0 Å². The van der Waals surface area contributed by atoms with Crippen molar-refractivity contribution in [3.63, 3.8) is 0 Å². The number of halogens is 1. The third kappa shape index (κ3) is 3.14. The van der Waals surface area contributed by atoms with Gasteiger partial charge in [0.2, 0.25) is 0 Å². The summed E-state index contributed by atoms with van der Waals surface area (Å²) in [5, 5.41) is 0. The monoisotopic (exact) mass is 390 g/mol. The summed E-state index contributed by atoms with van der Waals surface area (Å²) in [4.78, 5) is 19.2. The van der Waals surface area contributed by atoms with Crippen molar-refractivity contribution in [1.29, 1.82) is 0 Å². The zero-order valence-corrected chi connectivity index (χ0v) is 14.8. The molecule has 1 aliphatic rings. The Hall–Kier alpha value is -1.50. The molecule has 110 valence electrons. The van der Waals surface area contributed by atoms with E-state index in [1.54, 1.807) is 11.0 Å². The molecule has 0 bridgehead atoms. The van der Waals surface area contributed by atoms with Gasteiger partial charge in [0.1, 0.15) is 0 Å². The molecule has 1 saturated heterocycles. The highest BCUT2D eigenvalue weighted by Crippen LogP contribution is 2.36. The van der Waals surface area contributed by atoms with Crippen molar-refractivity contribution in [2.75, 3.05) is 4.90 Å². The van der Waals surface area contributed by atoms with E-state index in [1.165, 1.54) is 11.8 Å². The van der Waals surface area contributed by atoms with Crippen LogP contribution in [0.5, 0.6) is 0 Å². The van der Waals surface area contributed by atoms with Crippen LogP contribution in [0.1, 0.15) is 11.4 Å². The summed E-state index contributed by atoms with van der Waals surface area (Å²) in [5.41, 5.74) is 2.43. The molecular formula is C16H11BrN2OS2. The van der Waals surface area contributed by atoms with E-state index in [0.29, 0.717) is 9.23 Å².